The predicted octanol–water partition coefficient (Wildman–Crippen LogP) is 7.52. The molecule has 4 nitrogen and oxygen atoms in total. The van der Waals surface area contributed by atoms with Crippen LogP contribution in [-0.4, -0.2) is 32.4 Å². The molecule has 2 N–H and O–H groups in total. The Bertz CT molecular complexity index is 1210. The number of halogens is 4. The largest absolute Gasteiger partial charge is 0.393 e. The van der Waals surface area contributed by atoms with E-state index in [9.17, 15) is 22.7 Å². The van der Waals surface area contributed by atoms with Crippen molar-refractivity contribution in [3.8, 4) is 22.5 Å². The third-order valence-electron chi connectivity index (χ3n) is 5.37. The monoisotopic (exact) mass is 745 g/mol. The van der Waals surface area contributed by atoms with E-state index in [4.69, 9.17) is 5.11 Å². The van der Waals surface area contributed by atoms with Gasteiger partial charge in [-0.15, -0.1) is 30.8 Å². The van der Waals surface area contributed by atoms with Crippen molar-refractivity contribution < 1.29 is 47.9 Å². The van der Waals surface area contributed by atoms with E-state index in [1.165, 1.54) is 0 Å². The first kappa shape index (κ1) is 35.8. The Morgan fingerprint density at radius 2 is 1.32 bits per heavy atom. The summed E-state index contributed by atoms with van der Waals surface area (Å²) >= 11 is 0. The molecule has 0 aliphatic rings. The molecule has 2 aromatic carbocycles. The number of aliphatic hydroxyl groups is 2. The van der Waals surface area contributed by atoms with Crippen LogP contribution in [-0.2, 0) is 20.1 Å². The van der Waals surface area contributed by atoms with Crippen LogP contribution < -0.4 is 0 Å². The number of pyridine rings is 2. The smallest absolute Gasteiger partial charge is 0.0564 e. The fourth-order valence-electron chi connectivity index (χ4n) is 3.48. The molecule has 0 spiro atoms. The van der Waals surface area contributed by atoms with Gasteiger partial charge >= 0.3 is 0 Å². The molecule has 0 amide bonds. The molecule has 0 saturated carbocycles. The number of hydrogen-bond donors (Lipinski definition) is 2. The van der Waals surface area contributed by atoms with Crippen LogP contribution in [0, 0.1) is 35.4 Å². The molecule has 0 saturated heterocycles. The maximum Gasteiger partial charge on any atom is 0.0564 e. The molecule has 1 radical (unpaired) electrons. The van der Waals surface area contributed by atoms with E-state index < -0.39 is 23.3 Å². The van der Waals surface area contributed by atoms with E-state index in [-0.39, 0.29) is 43.4 Å². The van der Waals surface area contributed by atoms with Gasteiger partial charge in [-0.2, -0.15) is 0 Å². The molecule has 0 aliphatic carbocycles. The standard InChI is InChI=1S/2C11H6F2N.C10H20O2.Ir/c2*12-8-4-5-9(10(13)7-8)11-3-1-2-6-14-11;1-3-4-5-6-7-10(12)8-9(2)11;/h2*1-4,6-7H;3,9-12H,1,4-8H2,2H3;/q2*-1;;. The van der Waals surface area contributed by atoms with E-state index in [1.807, 2.05) is 6.08 Å². The summed E-state index contributed by atoms with van der Waals surface area (Å²) in [5.74, 6) is -2.57. The second kappa shape index (κ2) is 19.8. The Labute approximate surface area is 252 Å². The quantitative estimate of drug-likeness (QED) is 0.0807. The molecule has 2 aromatic heterocycles. The molecule has 0 aliphatic heterocycles. The van der Waals surface area contributed by atoms with Crippen molar-refractivity contribution in [3.05, 3.63) is 121 Å². The van der Waals surface area contributed by atoms with E-state index in [0.717, 1.165) is 49.9 Å². The topological polar surface area (TPSA) is 66.2 Å². The number of nitrogens with zero attached hydrogens (tertiary/aromatic N) is 2. The molecule has 2 unspecified atom stereocenters. The molecule has 0 fully saturated rings. The van der Waals surface area contributed by atoms with Gasteiger partial charge < -0.3 is 20.2 Å². The zero-order chi connectivity index (χ0) is 29.3. The molecule has 0 bridgehead atoms. The van der Waals surface area contributed by atoms with Crippen LogP contribution in [0.4, 0.5) is 17.6 Å². The van der Waals surface area contributed by atoms with Gasteiger partial charge in [0.1, 0.15) is 0 Å². The van der Waals surface area contributed by atoms with E-state index in [0.29, 0.717) is 17.8 Å². The van der Waals surface area contributed by atoms with Crippen molar-refractivity contribution in [2.75, 3.05) is 0 Å². The maximum absolute atomic E-state index is 13.2. The Morgan fingerprint density at radius 1 is 0.829 bits per heavy atom. The van der Waals surface area contributed by atoms with Crippen molar-refractivity contribution in [1.29, 1.82) is 0 Å². The number of unbranched alkanes of at least 4 members (excludes halogenated alkanes) is 2. The van der Waals surface area contributed by atoms with E-state index in [2.05, 4.69) is 28.7 Å². The predicted molar refractivity (Wildman–Crippen MR) is 148 cm³/mol. The summed E-state index contributed by atoms with van der Waals surface area (Å²) in [4.78, 5) is 7.89. The molecular weight excluding hydrogens is 713 g/mol. The Balaban J connectivity index is 0.000000306. The molecule has 2 atom stereocenters. The first-order chi connectivity index (χ1) is 19.2. The first-order valence-electron chi connectivity index (χ1n) is 12.7. The van der Waals surface area contributed by atoms with Gasteiger partial charge in [0.25, 0.3) is 0 Å². The summed E-state index contributed by atoms with van der Waals surface area (Å²) in [6, 6.07) is 19.1. The third-order valence-corrected chi connectivity index (χ3v) is 5.37. The van der Waals surface area contributed by atoms with Gasteiger partial charge in [-0.25, -0.2) is 0 Å². The number of allylic oxidation sites excluding steroid dienone is 1. The summed E-state index contributed by atoms with van der Waals surface area (Å²) in [7, 11) is 0. The van der Waals surface area contributed by atoms with Crippen LogP contribution in [0.15, 0.2) is 85.7 Å². The zero-order valence-corrected chi connectivity index (χ0v) is 24.9. The molecule has 41 heavy (non-hydrogen) atoms. The third kappa shape index (κ3) is 13.8. The van der Waals surface area contributed by atoms with Crippen molar-refractivity contribution in [3.63, 3.8) is 0 Å². The average molecular weight is 745 g/mol. The summed E-state index contributed by atoms with van der Waals surface area (Å²) < 4.78 is 51.6. The molecule has 4 aromatic rings. The molecule has 4 rings (SSSR count). The normalized spacial score (nSPS) is 11.5. The molecular formula is C32H32F4IrN2O2-2. The maximum atomic E-state index is 13.2. The second-order valence-electron chi connectivity index (χ2n) is 8.82. The summed E-state index contributed by atoms with van der Waals surface area (Å²) in [5, 5.41) is 18.3. The van der Waals surface area contributed by atoms with Crippen LogP contribution in [0.5, 0.6) is 0 Å². The van der Waals surface area contributed by atoms with Crippen LogP contribution in [0.3, 0.4) is 0 Å². The van der Waals surface area contributed by atoms with Gasteiger partial charge in [-0.3, -0.25) is 17.6 Å². The second-order valence-corrected chi connectivity index (χ2v) is 8.82. The number of hydrogen-bond acceptors (Lipinski definition) is 4. The number of aliphatic hydroxyl groups excluding tert-OH is 2. The number of benzene rings is 2. The minimum Gasteiger partial charge on any atom is -0.393 e. The Hall–Kier alpha value is -3.23. The zero-order valence-electron chi connectivity index (χ0n) is 22.5. The van der Waals surface area contributed by atoms with Gasteiger partial charge in [0.2, 0.25) is 0 Å². The van der Waals surface area contributed by atoms with Gasteiger partial charge in [0.15, 0.2) is 0 Å². The van der Waals surface area contributed by atoms with Crippen molar-refractivity contribution >= 4 is 0 Å². The van der Waals surface area contributed by atoms with Crippen LogP contribution in [0.25, 0.3) is 22.5 Å². The summed E-state index contributed by atoms with van der Waals surface area (Å²) in [6.07, 6.45) is 8.65. The van der Waals surface area contributed by atoms with Gasteiger partial charge in [-0.05, 0) is 56.1 Å². The summed E-state index contributed by atoms with van der Waals surface area (Å²) in [6.45, 7) is 5.32. The van der Waals surface area contributed by atoms with E-state index in [1.54, 1.807) is 55.7 Å². The Morgan fingerprint density at radius 3 is 1.68 bits per heavy atom. The minimum absolute atomic E-state index is 0. The molecule has 2 heterocycles. The fourth-order valence-corrected chi connectivity index (χ4v) is 3.48. The van der Waals surface area contributed by atoms with Gasteiger partial charge in [0, 0.05) is 55.8 Å². The Kier molecular flexibility index (Phi) is 17.3. The van der Waals surface area contributed by atoms with Gasteiger partial charge in [-0.1, -0.05) is 60.0 Å². The fraction of sp³-hybridized carbons (Fsp3) is 0.250. The van der Waals surface area contributed by atoms with Crippen molar-refractivity contribution in [1.82, 2.24) is 9.97 Å². The van der Waals surface area contributed by atoms with Crippen LogP contribution in [0.2, 0.25) is 0 Å². The molecule has 9 heteroatoms. The van der Waals surface area contributed by atoms with Gasteiger partial charge in [0.05, 0.1) is 12.2 Å². The number of rotatable bonds is 9. The minimum atomic E-state index is -0.649. The van der Waals surface area contributed by atoms with E-state index >= 15 is 0 Å². The first-order valence-corrected chi connectivity index (χ1v) is 12.7. The average Bonchev–Trinajstić information content (AvgIpc) is 2.92. The number of aromatic nitrogens is 2. The van der Waals surface area contributed by atoms with Crippen molar-refractivity contribution in [2.24, 2.45) is 0 Å². The SMILES string of the molecule is C=CCCCCC(O)CC(C)O.Fc1c[c-]c(-c2ccccn2)c(F)c1.Fc1c[c-]c(-c2ccccn2)c(F)c1.[Ir]. The van der Waals surface area contributed by atoms with Crippen molar-refractivity contribution in [2.45, 2.75) is 51.2 Å². The molecule has 221 valence electrons. The van der Waals surface area contributed by atoms with Crippen LogP contribution in [0.1, 0.15) is 39.0 Å². The summed E-state index contributed by atoms with van der Waals surface area (Å²) in [5.41, 5.74) is 1.27. The van der Waals surface area contributed by atoms with Crippen LogP contribution >= 0.6 is 0 Å².